The molecular formula is C17H20N4O3. The molecule has 1 aromatic carbocycles. The van der Waals surface area contributed by atoms with E-state index in [9.17, 15) is 9.59 Å². The summed E-state index contributed by atoms with van der Waals surface area (Å²) in [5.41, 5.74) is 1.24. The summed E-state index contributed by atoms with van der Waals surface area (Å²) in [6.07, 6.45) is 3.45. The number of anilines is 2. The summed E-state index contributed by atoms with van der Waals surface area (Å²) in [7, 11) is 1.32. The summed E-state index contributed by atoms with van der Waals surface area (Å²) in [5, 5.41) is 5.88. The van der Waals surface area contributed by atoms with E-state index in [0.717, 1.165) is 19.4 Å². The number of rotatable bonds is 7. The van der Waals surface area contributed by atoms with Crippen molar-refractivity contribution >= 4 is 23.4 Å². The number of unbranched alkanes of at least 4 members (excludes halogenated alkanes) is 1. The number of nitrogens with one attached hydrogen (secondary N) is 2. The fourth-order valence-corrected chi connectivity index (χ4v) is 1.97. The standard InChI is InChI=1S/C17H20N4O3/c1-3-4-9-18-15-10-14(19-11-20-15)16(22)21-13-7-5-12(6-8-13)17(23)24-2/h5-8,10-11H,3-4,9H2,1-2H3,(H,21,22)(H,18,19,20). The summed E-state index contributed by atoms with van der Waals surface area (Å²) in [6.45, 7) is 2.90. The Labute approximate surface area is 140 Å². The fraction of sp³-hybridized carbons (Fsp3) is 0.294. The third-order valence-electron chi connectivity index (χ3n) is 3.30. The van der Waals surface area contributed by atoms with Gasteiger partial charge in [-0.3, -0.25) is 4.79 Å². The zero-order chi connectivity index (χ0) is 17.4. The van der Waals surface area contributed by atoms with Crippen LogP contribution >= 0.6 is 0 Å². The van der Waals surface area contributed by atoms with Gasteiger partial charge in [0.2, 0.25) is 0 Å². The van der Waals surface area contributed by atoms with E-state index < -0.39 is 5.97 Å². The van der Waals surface area contributed by atoms with Crippen LogP contribution in [-0.2, 0) is 4.74 Å². The third-order valence-corrected chi connectivity index (χ3v) is 3.30. The van der Waals surface area contributed by atoms with Gasteiger partial charge >= 0.3 is 5.97 Å². The van der Waals surface area contributed by atoms with E-state index in [1.807, 2.05) is 0 Å². The summed E-state index contributed by atoms with van der Waals surface area (Å²) in [4.78, 5) is 31.7. The second-order valence-corrected chi connectivity index (χ2v) is 5.09. The van der Waals surface area contributed by atoms with E-state index >= 15 is 0 Å². The second-order valence-electron chi connectivity index (χ2n) is 5.09. The van der Waals surface area contributed by atoms with Crippen LogP contribution in [0.5, 0.6) is 0 Å². The van der Waals surface area contributed by atoms with Crippen LogP contribution in [0.2, 0.25) is 0 Å². The van der Waals surface area contributed by atoms with Crippen LogP contribution in [-0.4, -0.2) is 35.5 Å². The SMILES string of the molecule is CCCCNc1cc(C(=O)Nc2ccc(C(=O)OC)cc2)ncn1. The summed E-state index contributed by atoms with van der Waals surface area (Å²) >= 11 is 0. The van der Waals surface area contributed by atoms with Gasteiger partial charge in [0.1, 0.15) is 17.8 Å². The third kappa shape index (κ3) is 4.77. The van der Waals surface area contributed by atoms with Gasteiger partial charge in [0.25, 0.3) is 5.91 Å². The Balaban J connectivity index is 2.01. The highest BCUT2D eigenvalue weighted by Crippen LogP contribution is 2.12. The lowest BCUT2D eigenvalue weighted by molar-refractivity contribution is 0.0600. The number of ether oxygens (including phenoxy) is 1. The Kier molecular flexibility index (Phi) is 6.24. The molecule has 0 spiro atoms. The van der Waals surface area contributed by atoms with Gasteiger partial charge < -0.3 is 15.4 Å². The molecule has 0 aliphatic rings. The van der Waals surface area contributed by atoms with Crippen LogP contribution in [0.4, 0.5) is 11.5 Å². The highest BCUT2D eigenvalue weighted by molar-refractivity contribution is 6.03. The molecule has 0 bridgehead atoms. The van der Waals surface area contributed by atoms with E-state index in [2.05, 4.69) is 32.3 Å². The van der Waals surface area contributed by atoms with Gasteiger partial charge in [-0.15, -0.1) is 0 Å². The van der Waals surface area contributed by atoms with Gasteiger partial charge in [-0.25, -0.2) is 14.8 Å². The first-order valence-electron chi connectivity index (χ1n) is 7.69. The molecule has 0 unspecified atom stereocenters. The predicted molar refractivity (Wildman–Crippen MR) is 91.2 cm³/mol. The molecule has 7 nitrogen and oxygen atoms in total. The minimum absolute atomic E-state index is 0.265. The van der Waals surface area contributed by atoms with E-state index in [0.29, 0.717) is 17.1 Å². The van der Waals surface area contributed by atoms with Crippen molar-refractivity contribution in [3.63, 3.8) is 0 Å². The fourth-order valence-electron chi connectivity index (χ4n) is 1.97. The van der Waals surface area contributed by atoms with Crippen molar-refractivity contribution in [2.75, 3.05) is 24.3 Å². The maximum atomic E-state index is 12.3. The van der Waals surface area contributed by atoms with Crippen LogP contribution in [0.25, 0.3) is 0 Å². The minimum Gasteiger partial charge on any atom is -0.465 e. The molecule has 0 saturated carbocycles. The van der Waals surface area contributed by atoms with Crippen molar-refractivity contribution in [2.45, 2.75) is 19.8 Å². The van der Waals surface area contributed by atoms with E-state index in [1.54, 1.807) is 30.3 Å². The van der Waals surface area contributed by atoms with Crippen molar-refractivity contribution in [1.82, 2.24) is 9.97 Å². The molecule has 0 fully saturated rings. The van der Waals surface area contributed by atoms with Crippen LogP contribution < -0.4 is 10.6 Å². The lowest BCUT2D eigenvalue weighted by Gasteiger charge is -2.08. The number of methoxy groups -OCH3 is 1. The molecular weight excluding hydrogens is 308 g/mol. The molecule has 0 atom stereocenters. The lowest BCUT2D eigenvalue weighted by atomic mass is 10.2. The largest absolute Gasteiger partial charge is 0.465 e. The van der Waals surface area contributed by atoms with Gasteiger partial charge in [-0.05, 0) is 30.7 Å². The Morgan fingerprint density at radius 2 is 1.92 bits per heavy atom. The van der Waals surface area contributed by atoms with Crippen LogP contribution in [0.15, 0.2) is 36.7 Å². The van der Waals surface area contributed by atoms with Crippen molar-refractivity contribution in [3.05, 3.63) is 47.9 Å². The zero-order valence-corrected chi connectivity index (χ0v) is 13.7. The number of carbonyl (C=O) groups excluding carboxylic acids is 2. The predicted octanol–water partition coefficient (Wildman–Crippen LogP) is 2.73. The molecule has 1 amide bonds. The molecule has 24 heavy (non-hydrogen) atoms. The monoisotopic (exact) mass is 328 g/mol. The van der Waals surface area contributed by atoms with Crippen LogP contribution in [0, 0.1) is 0 Å². The maximum Gasteiger partial charge on any atom is 0.337 e. The minimum atomic E-state index is -0.425. The number of hydrogen-bond acceptors (Lipinski definition) is 6. The molecule has 7 heteroatoms. The first kappa shape index (κ1) is 17.4. The smallest absolute Gasteiger partial charge is 0.337 e. The van der Waals surface area contributed by atoms with Crippen molar-refractivity contribution in [1.29, 1.82) is 0 Å². The molecule has 0 saturated heterocycles. The molecule has 2 aromatic rings. The van der Waals surface area contributed by atoms with Crippen molar-refractivity contribution < 1.29 is 14.3 Å². The normalized spacial score (nSPS) is 10.1. The quantitative estimate of drug-likeness (QED) is 0.599. The van der Waals surface area contributed by atoms with Gasteiger partial charge in [-0.1, -0.05) is 13.3 Å². The molecule has 1 heterocycles. The molecule has 2 rings (SSSR count). The van der Waals surface area contributed by atoms with Gasteiger partial charge in [0.05, 0.1) is 12.7 Å². The Morgan fingerprint density at radius 3 is 2.58 bits per heavy atom. The highest BCUT2D eigenvalue weighted by Gasteiger charge is 2.10. The average Bonchev–Trinajstić information content (AvgIpc) is 2.62. The number of benzene rings is 1. The number of nitrogens with zero attached hydrogens (tertiary/aromatic N) is 2. The highest BCUT2D eigenvalue weighted by atomic mass is 16.5. The molecule has 0 radical (unpaired) electrons. The molecule has 0 aliphatic heterocycles. The Bertz CT molecular complexity index is 701. The number of esters is 1. The summed E-state index contributed by atoms with van der Waals surface area (Å²) in [6, 6.07) is 8.03. The summed E-state index contributed by atoms with van der Waals surface area (Å²) < 4.78 is 4.63. The van der Waals surface area contributed by atoms with E-state index in [-0.39, 0.29) is 11.6 Å². The molecule has 1 aromatic heterocycles. The average molecular weight is 328 g/mol. The van der Waals surface area contributed by atoms with Gasteiger partial charge in [0, 0.05) is 18.3 Å². The van der Waals surface area contributed by atoms with Gasteiger partial charge in [0.15, 0.2) is 0 Å². The first-order chi connectivity index (χ1) is 11.6. The molecule has 0 aliphatic carbocycles. The number of carbonyl (C=O) groups is 2. The van der Waals surface area contributed by atoms with Crippen LogP contribution in [0.3, 0.4) is 0 Å². The Hall–Kier alpha value is -2.96. The zero-order valence-electron chi connectivity index (χ0n) is 13.7. The van der Waals surface area contributed by atoms with Gasteiger partial charge in [-0.2, -0.15) is 0 Å². The Morgan fingerprint density at radius 1 is 1.17 bits per heavy atom. The maximum absolute atomic E-state index is 12.3. The first-order valence-corrected chi connectivity index (χ1v) is 7.69. The van der Waals surface area contributed by atoms with Crippen molar-refractivity contribution in [3.8, 4) is 0 Å². The van der Waals surface area contributed by atoms with Crippen molar-refractivity contribution in [2.24, 2.45) is 0 Å². The number of aromatic nitrogens is 2. The second kappa shape index (κ2) is 8.61. The van der Waals surface area contributed by atoms with E-state index in [4.69, 9.17) is 0 Å². The van der Waals surface area contributed by atoms with E-state index in [1.165, 1.54) is 13.4 Å². The molecule has 126 valence electrons. The lowest BCUT2D eigenvalue weighted by Crippen LogP contribution is -2.15. The molecule has 2 N–H and O–H groups in total. The number of amides is 1. The van der Waals surface area contributed by atoms with Crippen LogP contribution in [0.1, 0.15) is 40.6 Å². The number of hydrogen-bond donors (Lipinski definition) is 2. The summed E-state index contributed by atoms with van der Waals surface area (Å²) in [5.74, 6) is -0.155. The topological polar surface area (TPSA) is 93.2 Å².